The van der Waals surface area contributed by atoms with E-state index in [4.69, 9.17) is 0 Å². The molecule has 2 aromatic carbocycles. The van der Waals surface area contributed by atoms with Crippen molar-refractivity contribution in [1.82, 2.24) is 0 Å². The molecule has 0 aliphatic heterocycles. The number of halogens is 1. The predicted molar refractivity (Wildman–Crippen MR) is 78.1 cm³/mol. The van der Waals surface area contributed by atoms with Crippen LogP contribution in [0.1, 0.15) is 12.8 Å². The SMILES string of the molecule is [Br-].c1ccc([PH+](CC2CC2)c2ccccc2)cc1. The van der Waals surface area contributed by atoms with E-state index in [1.807, 2.05) is 0 Å². The zero-order valence-electron chi connectivity index (χ0n) is 10.4. The molecule has 0 atom stereocenters. The van der Waals surface area contributed by atoms with Crippen LogP contribution in [0.2, 0.25) is 0 Å². The molecule has 1 aliphatic carbocycles. The van der Waals surface area contributed by atoms with Gasteiger partial charge in [-0.3, -0.25) is 0 Å². The van der Waals surface area contributed by atoms with Gasteiger partial charge in [0.15, 0.2) is 0 Å². The average molecular weight is 321 g/mol. The molecule has 1 aliphatic rings. The Bertz CT molecular complexity index is 425. The second kappa shape index (κ2) is 6.50. The Morgan fingerprint density at radius 2 is 1.22 bits per heavy atom. The normalized spacial score (nSPS) is 14.3. The van der Waals surface area contributed by atoms with E-state index in [2.05, 4.69) is 60.7 Å². The molecule has 0 spiro atoms. The monoisotopic (exact) mass is 320 g/mol. The van der Waals surface area contributed by atoms with E-state index in [-0.39, 0.29) is 17.0 Å². The molecule has 3 rings (SSSR count). The van der Waals surface area contributed by atoms with E-state index in [0.717, 1.165) is 5.92 Å². The van der Waals surface area contributed by atoms with Crippen LogP contribution in [-0.2, 0) is 0 Å². The first-order valence-electron chi connectivity index (χ1n) is 6.40. The second-order valence-electron chi connectivity index (χ2n) is 4.86. The Labute approximate surface area is 121 Å². The first kappa shape index (κ1) is 13.8. The van der Waals surface area contributed by atoms with E-state index in [0.29, 0.717) is 0 Å². The van der Waals surface area contributed by atoms with Gasteiger partial charge in [-0.15, -0.1) is 0 Å². The van der Waals surface area contributed by atoms with Gasteiger partial charge in [0.2, 0.25) is 0 Å². The van der Waals surface area contributed by atoms with Crippen molar-refractivity contribution in [3.05, 3.63) is 60.7 Å². The summed E-state index contributed by atoms with van der Waals surface area (Å²) in [6.45, 7) is 0. The van der Waals surface area contributed by atoms with E-state index in [9.17, 15) is 0 Å². The van der Waals surface area contributed by atoms with E-state index in [1.165, 1.54) is 19.0 Å². The maximum atomic E-state index is 2.31. The molecule has 0 heterocycles. The lowest BCUT2D eigenvalue weighted by atomic mass is 10.4. The Hall–Kier alpha value is -0.650. The summed E-state index contributed by atoms with van der Waals surface area (Å²) < 4.78 is 0. The van der Waals surface area contributed by atoms with Crippen LogP contribution in [0.3, 0.4) is 0 Å². The van der Waals surface area contributed by atoms with Crippen molar-refractivity contribution in [1.29, 1.82) is 0 Å². The fourth-order valence-corrected chi connectivity index (χ4v) is 5.27. The Kier molecular flexibility index (Phi) is 4.97. The van der Waals surface area contributed by atoms with Crippen LogP contribution in [0.15, 0.2) is 60.7 Å². The molecule has 0 nitrogen and oxygen atoms in total. The molecule has 0 bridgehead atoms. The Morgan fingerprint density at radius 1 is 0.778 bits per heavy atom. The van der Waals surface area contributed by atoms with Gasteiger partial charge in [0.25, 0.3) is 0 Å². The lowest BCUT2D eigenvalue weighted by Crippen LogP contribution is -3.00. The van der Waals surface area contributed by atoms with Crippen molar-refractivity contribution < 1.29 is 17.0 Å². The number of benzene rings is 2. The highest BCUT2D eigenvalue weighted by Crippen LogP contribution is 2.43. The van der Waals surface area contributed by atoms with Crippen LogP contribution in [0.4, 0.5) is 0 Å². The molecule has 0 radical (unpaired) electrons. The third-order valence-electron chi connectivity index (χ3n) is 3.43. The second-order valence-corrected chi connectivity index (χ2v) is 7.38. The van der Waals surface area contributed by atoms with Crippen LogP contribution in [0.25, 0.3) is 0 Å². The third-order valence-corrected chi connectivity index (χ3v) is 6.48. The molecule has 0 N–H and O–H groups in total. The van der Waals surface area contributed by atoms with Gasteiger partial charge in [0, 0.05) is 0 Å². The molecular formula is C16H18BrP. The quantitative estimate of drug-likeness (QED) is 0.709. The summed E-state index contributed by atoms with van der Waals surface area (Å²) in [5.41, 5.74) is 0. The highest BCUT2D eigenvalue weighted by atomic mass is 79.9. The zero-order chi connectivity index (χ0) is 11.5. The largest absolute Gasteiger partial charge is 1.00 e. The Balaban J connectivity index is 0.00000120. The summed E-state index contributed by atoms with van der Waals surface area (Å²) in [6.07, 6.45) is 4.32. The zero-order valence-corrected chi connectivity index (χ0v) is 12.9. The van der Waals surface area contributed by atoms with Gasteiger partial charge in [-0.1, -0.05) is 36.4 Å². The lowest BCUT2D eigenvalue weighted by molar-refractivity contribution is -0.00000331. The average Bonchev–Trinajstić information content (AvgIpc) is 3.22. The van der Waals surface area contributed by atoms with E-state index < -0.39 is 7.92 Å². The van der Waals surface area contributed by atoms with Gasteiger partial charge in [0.05, 0.1) is 24.7 Å². The first-order valence-corrected chi connectivity index (χ1v) is 8.11. The van der Waals surface area contributed by atoms with Gasteiger partial charge < -0.3 is 17.0 Å². The van der Waals surface area contributed by atoms with Crippen LogP contribution >= 0.6 is 7.92 Å². The molecule has 0 saturated heterocycles. The smallest absolute Gasteiger partial charge is 0.0967 e. The molecule has 2 heteroatoms. The summed E-state index contributed by atoms with van der Waals surface area (Å²) in [7, 11) is -0.537. The number of hydrogen-bond acceptors (Lipinski definition) is 0. The van der Waals surface area contributed by atoms with Crippen LogP contribution in [-0.4, -0.2) is 6.16 Å². The van der Waals surface area contributed by atoms with E-state index >= 15 is 0 Å². The van der Waals surface area contributed by atoms with Crippen LogP contribution in [0.5, 0.6) is 0 Å². The first-order chi connectivity index (χ1) is 8.43. The molecular weight excluding hydrogens is 303 g/mol. The summed E-state index contributed by atoms with van der Waals surface area (Å²) in [5.74, 6) is 1.00. The number of rotatable bonds is 4. The fourth-order valence-electron chi connectivity index (χ4n) is 2.29. The van der Waals surface area contributed by atoms with Crippen molar-refractivity contribution in [2.24, 2.45) is 5.92 Å². The van der Waals surface area contributed by atoms with Gasteiger partial charge in [-0.2, -0.15) is 0 Å². The minimum absolute atomic E-state index is 0. The summed E-state index contributed by atoms with van der Waals surface area (Å²) in [6, 6.07) is 22.2. The van der Waals surface area contributed by atoms with Crippen molar-refractivity contribution in [2.75, 3.05) is 6.16 Å². The molecule has 0 unspecified atom stereocenters. The lowest BCUT2D eigenvalue weighted by Gasteiger charge is -2.09. The van der Waals surface area contributed by atoms with Crippen molar-refractivity contribution in [3.8, 4) is 0 Å². The van der Waals surface area contributed by atoms with Crippen molar-refractivity contribution in [2.45, 2.75) is 12.8 Å². The van der Waals surface area contributed by atoms with Crippen LogP contribution < -0.4 is 27.6 Å². The standard InChI is InChI=1S/C16H17P.BrH/c1-3-7-15(8-4-1)17(13-14-11-12-14)16-9-5-2-6-10-16;/h1-10,14H,11-13H2;1H. The molecule has 0 aromatic heterocycles. The highest BCUT2D eigenvalue weighted by Gasteiger charge is 2.32. The molecule has 1 fully saturated rings. The maximum Gasteiger partial charge on any atom is 0.0967 e. The molecule has 18 heavy (non-hydrogen) atoms. The number of hydrogen-bond donors (Lipinski definition) is 0. The van der Waals surface area contributed by atoms with Gasteiger partial charge in [0.1, 0.15) is 0 Å². The Morgan fingerprint density at radius 3 is 1.61 bits per heavy atom. The van der Waals surface area contributed by atoms with E-state index in [1.54, 1.807) is 10.6 Å². The molecule has 94 valence electrons. The summed E-state index contributed by atoms with van der Waals surface area (Å²) in [5, 5.41) is 3.13. The van der Waals surface area contributed by atoms with Crippen molar-refractivity contribution in [3.63, 3.8) is 0 Å². The molecule has 0 amide bonds. The predicted octanol–water partition coefficient (Wildman–Crippen LogP) is 0.266. The van der Waals surface area contributed by atoms with Crippen LogP contribution in [0, 0.1) is 5.92 Å². The topological polar surface area (TPSA) is 0 Å². The maximum absolute atomic E-state index is 2.31. The summed E-state index contributed by atoms with van der Waals surface area (Å²) in [4.78, 5) is 0. The third kappa shape index (κ3) is 3.43. The minimum atomic E-state index is -0.537. The summed E-state index contributed by atoms with van der Waals surface area (Å²) >= 11 is 0. The minimum Gasteiger partial charge on any atom is -1.00 e. The fraction of sp³-hybridized carbons (Fsp3) is 0.250. The molecule has 1 saturated carbocycles. The van der Waals surface area contributed by atoms with Crippen molar-refractivity contribution >= 4 is 18.5 Å². The van der Waals surface area contributed by atoms with Gasteiger partial charge >= 0.3 is 0 Å². The highest BCUT2D eigenvalue weighted by molar-refractivity contribution is 7.73. The van der Waals surface area contributed by atoms with Gasteiger partial charge in [-0.05, 0) is 43.0 Å². The molecule has 2 aromatic rings. The van der Waals surface area contributed by atoms with Gasteiger partial charge in [-0.25, -0.2) is 0 Å².